The van der Waals surface area contributed by atoms with Gasteiger partial charge in [-0.05, 0) is 33.6 Å². The largest absolute Gasteiger partial charge is 0.324 e. The SMILES string of the molecule is CC(C(=O)Nc1ccc(Br)nc1)C(N)c1ccccc1. The van der Waals surface area contributed by atoms with Gasteiger partial charge in [-0.15, -0.1) is 0 Å². The zero-order valence-corrected chi connectivity index (χ0v) is 12.7. The Kier molecular flexibility index (Phi) is 4.87. The van der Waals surface area contributed by atoms with Crippen LogP contribution in [0.1, 0.15) is 18.5 Å². The molecule has 1 heterocycles. The van der Waals surface area contributed by atoms with Gasteiger partial charge in [0.25, 0.3) is 0 Å². The maximum atomic E-state index is 12.2. The van der Waals surface area contributed by atoms with Crippen LogP contribution >= 0.6 is 15.9 Å². The van der Waals surface area contributed by atoms with E-state index in [1.165, 1.54) is 0 Å². The highest BCUT2D eigenvalue weighted by Crippen LogP contribution is 2.20. The molecule has 4 nitrogen and oxygen atoms in total. The third kappa shape index (κ3) is 3.65. The van der Waals surface area contributed by atoms with Crippen LogP contribution in [0.25, 0.3) is 0 Å². The molecule has 0 saturated carbocycles. The molecule has 2 aromatic rings. The lowest BCUT2D eigenvalue weighted by atomic mass is 9.94. The summed E-state index contributed by atoms with van der Waals surface area (Å²) in [4.78, 5) is 16.2. The number of nitrogens with zero attached hydrogens (tertiary/aromatic N) is 1. The van der Waals surface area contributed by atoms with Crippen LogP contribution < -0.4 is 11.1 Å². The lowest BCUT2D eigenvalue weighted by molar-refractivity contribution is -0.120. The third-order valence-corrected chi connectivity index (χ3v) is 3.60. The van der Waals surface area contributed by atoms with Gasteiger partial charge in [-0.25, -0.2) is 4.98 Å². The molecule has 20 heavy (non-hydrogen) atoms. The van der Waals surface area contributed by atoms with E-state index in [1.807, 2.05) is 37.3 Å². The fourth-order valence-electron chi connectivity index (χ4n) is 1.83. The van der Waals surface area contributed by atoms with Gasteiger partial charge in [-0.1, -0.05) is 37.3 Å². The molecule has 104 valence electrons. The number of amides is 1. The number of carbonyl (C=O) groups excluding carboxylic acids is 1. The first-order valence-electron chi connectivity index (χ1n) is 6.31. The number of anilines is 1. The molecule has 2 rings (SSSR count). The van der Waals surface area contributed by atoms with Crippen molar-refractivity contribution in [3.63, 3.8) is 0 Å². The van der Waals surface area contributed by atoms with Crippen LogP contribution in [0.4, 0.5) is 5.69 Å². The smallest absolute Gasteiger partial charge is 0.229 e. The summed E-state index contributed by atoms with van der Waals surface area (Å²) in [7, 11) is 0. The van der Waals surface area contributed by atoms with E-state index in [1.54, 1.807) is 18.3 Å². The zero-order valence-electron chi connectivity index (χ0n) is 11.1. The minimum absolute atomic E-state index is 0.120. The average molecular weight is 334 g/mol. The lowest BCUT2D eigenvalue weighted by Crippen LogP contribution is -2.30. The Hall–Kier alpha value is -1.72. The second-order valence-electron chi connectivity index (χ2n) is 4.58. The molecular weight excluding hydrogens is 318 g/mol. The van der Waals surface area contributed by atoms with Crippen molar-refractivity contribution in [2.45, 2.75) is 13.0 Å². The fourth-order valence-corrected chi connectivity index (χ4v) is 2.07. The summed E-state index contributed by atoms with van der Waals surface area (Å²) in [5.41, 5.74) is 7.74. The number of carbonyl (C=O) groups is 1. The zero-order chi connectivity index (χ0) is 14.5. The van der Waals surface area contributed by atoms with Gasteiger partial charge in [0.1, 0.15) is 4.60 Å². The maximum absolute atomic E-state index is 12.2. The van der Waals surface area contributed by atoms with Crippen molar-refractivity contribution >= 4 is 27.5 Å². The molecule has 5 heteroatoms. The van der Waals surface area contributed by atoms with E-state index < -0.39 is 0 Å². The number of rotatable bonds is 4. The molecule has 0 fully saturated rings. The van der Waals surface area contributed by atoms with Crippen LogP contribution in [-0.2, 0) is 4.79 Å². The summed E-state index contributed by atoms with van der Waals surface area (Å²) in [6.07, 6.45) is 1.60. The van der Waals surface area contributed by atoms with Gasteiger partial charge in [0.2, 0.25) is 5.91 Å². The van der Waals surface area contributed by atoms with Gasteiger partial charge in [0.15, 0.2) is 0 Å². The Bertz CT molecular complexity index is 571. The van der Waals surface area contributed by atoms with Gasteiger partial charge in [0, 0.05) is 6.04 Å². The number of hydrogen-bond donors (Lipinski definition) is 2. The molecule has 0 radical (unpaired) electrons. The molecule has 1 aromatic carbocycles. The summed E-state index contributed by atoms with van der Waals surface area (Å²) in [6.45, 7) is 1.82. The quantitative estimate of drug-likeness (QED) is 0.844. The van der Waals surface area contributed by atoms with E-state index in [0.29, 0.717) is 5.69 Å². The first-order chi connectivity index (χ1) is 9.58. The van der Waals surface area contributed by atoms with Gasteiger partial charge < -0.3 is 11.1 Å². The van der Waals surface area contributed by atoms with Gasteiger partial charge in [0.05, 0.1) is 17.8 Å². The highest BCUT2D eigenvalue weighted by Gasteiger charge is 2.22. The summed E-state index contributed by atoms with van der Waals surface area (Å²) >= 11 is 3.25. The van der Waals surface area contributed by atoms with Crippen molar-refractivity contribution in [1.29, 1.82) is 0 Å². The van der Waals surface area contributed by atoms with Crippen LogP contribution in [0.2, 0.25) is 0 Å². The summed E-state index contributed by atoms with van der Waals surface area (Å²) in [5.74, 6) is -0.452. The number of pyridine rings is 1. The molecule has 1 amide bonds. The predicted octanol–water partition coefficient (Wildman–Crippen LogP) is 3.12. The molecule has 0 bridgehead atoms. The fraction of sp³-hybridized carbons (Fsp3) is 0.200. The van der Waals surface area contributed by atoms with E-state index in [2.05, 4.69) is 26.2 Å². The van der Waals surface area contributed by atoms with Gasteiger partial charge in [-0.2, -0.15) is 0 Å². The van der Waals surface area contributed by atoms with Crippen LogP contribution in [0, 0.1) is 5.92 Å². The molecule has 2 unspecified atom stereocenters. The minimum atomic E-state index is -0.334. The van der Waals surface area contributed by atoms with Crippen molar-refractivity contribution in [3.05, 3.63) is 58.8 Å². The highest BCUT2D eigenvalue weighted by atomic mass is 79.9. The Morgan fingerprint density at radius 1 is 1.25 bits per heavy atom. The second kappa shape index (κ2) is 6.63. The monoisotopic (exact) mass is 333 g/mol. The standard InChI is InChI=1S/C15H16BrN3O/c1-10(14(17)11-5-3-2-4-6-11)15(20)19-12-7-8-13(16)18-9-12/h2-10,14H,17H2,1H3,(H,19,20). The van der Waals surface area contributed by atoms with Crippen LogP contribution in [0.5, 0.6) is 0 Å². The van der Waals surface area contributed by atoms with Crippen molar-refractivity contribution in [2.24, 2.45) is 11.7 Å². The molecule has 0 saturated heterocycles. The van der Waals surface area contributed by atoms with Gasteiger partial charge >= 0.3 is 0 Å². The summed E-state index contributed by atoms with van der Waals surface area (Å²) in [6, 6.07) is 12.8. The van der Waals surface area contributed by atoms with E-state index in [-0.39, 0.29) is 17.9 Å². The molecular formula is C15H16BrN3O. The Morgan fingerprint density at radius 2 is 1.95 bits per heavy atom. The number of hydrogen-bond acceptors (Lipinski definition) is 3. The van der Waals surface area contributed by atoms with Crippen molar-refractivity contribution in [3.8, 4) is 0 Å². The topological polar surface area (TPSA) is 68.0 Å². The number of aromatic nitrogens is 1. The van der Waals surface area contributed by atoms with Crippen LogP contribution in [0.15, 0.2) is 53.3 Å². The Balaban J connectivity index is 2.03. The molecule has 0 spiro atoms. The molecule has 2 atom stereocenters. The van der Waals surface area contributed by atoms with E-state index in [9.17, 15) is 4.79 Å². The molecule has 3 N–H and O–H groups in total. The van der Waals surface area contributed by atoms with E-state index in [0.717, 1.165) is 10.2 Å². The predicted molar refractivity (Wildman–Crippen MR) is 83.1 cm³/mol. The molecule has 0 aliphatic heterocycles. The Morgan fingerprint density at radius 3 is 2.55 bits per heavy atom. The normalized spacial score (nSPS) is 13.6. The molecule has 0 aliphatic carbocycles. The highest BCUT2D eigenvalue weighted by molar-refractivity contribution is 9.10. The van der Waals surface area contributed by atoms with E-state index >= 15 is 0 Å². The molecule has 1 aromatic heterocycles. The average Bonchev–Trinajstić information content (AvgIpc) is 2.49. The van der Waals surface area contributed by atoms with Crippen molar-refractivity contribution < 1.29 is 4.79 Å². The van der Waals surface area contributed by atoms with Gasteiger partial charge in [-0.3, -0.25) is 4.79 Å². The first-order valence-corrected chi connectivity index (χ1v) is 7.10. The van der Waals surface area contributed by atoms with Crippen molar-refractivity contribution in [2.75, 3.05) is 5.32 Å². The number of halogens is 1. The van der Waals surface area contributed by atoms with Crippen LogP contribution in [-0.4, -0.2) is 10.9 Å². The second-order valence-corrected chi connectivity index (χ2v) is 5.40. The van der Waals surface area contributed by atoms with E-state index in [4.69, 9.17) is 5.73 Å². The number of nitrogens with one attached hydrogen (secondary N) is 1. The van der Waals surface area contributed by atoms with Crippen molar-refractivity contribution in [1.82, 2.24) is 4.98 Å². The number of benzene rings is 1. The van der Waals surface area contributed by atoms with Crippen LogP contribution in [0.3, 0.4) is 0 Å². The minimum Gasteiger partial charge on any atom is -0.324 e. The summed E-state index contributed by atoms with van der Waals surface area (Å²) < 4.78 is 0.726. The number of nitrogens with two attached hydrogens (primary N) is 1. The first kappa shape index (κ1) is 14.7. The lowest BCUT2D eigenvalue weighted by Gasteiger charge is -2.19. The maximum Gasteiger partial charge on any atom is 0.229 e. The third-order valence-electron chi connectivity index (χ3n) is 3.13. The Labute approximate surface area is 126 Å². The molecule has 0 aliphatic rings. The summed E-state index contributed by atoms with van der Waals surface area (Å²) in [5, 5.41) is 2.82.